The first-order chi connectivity index (χ1) is 7.83. The van der Waals surface area contributed by atoms with E-state index in [1.54, 1.807) is 19.4 Å². The molecular formula is C12H13N3O. The summed E-state index contributed by atoms with van der Waals surface area (Å²) >= 11 is 0. The van der Waals surface area contributed by atoms with Crippen LogP contribution in [0.2, 0.25) is 0 Å². The summed E-state index contributed by atoms with van der Waals surface area (Å²) in [5, 5.41) is 0. The van der Waals surface area contributed by atoms with Crippen molar-refractivity contribution < 1.29 is 4.74 Å². The van der Waals surface area contributed by atoms with Crippen molar-refractivity contribution in [1.82, 2.24) is 9.97 Å². The maximum absolute atomic E-state index is 5.51. The van der Waals surface area contributed by atoms with Gasteiger partial charge in [0.25, 0.3) is 0 Å². The van der Waals surface area contributed by atoms with Crippen molar-refractivity contribution in [2.75, 3.05) is 7.11 Å². The molecule has 0 saturated carbocycles. The Morgan fingerprint density at radius 3 is 2.69 bits per heavy atom. The van der Waals surface area contributed by atoms with Crippen LogP contribution < -0.4 is 10.5 Å². The number of rotatable bonds is 3. The van der Waals surface area contributed by atoms with Gasteiger partial charge in [-0.3, -0.25) is 4.98 Å². The smallest absolute Gasteiger partial charge is 0.213 e. The Labute approximate surface area is 94.1 Å². The van der Waals surface area contributed by atoms with Gasteiger partial charge in [-0.25, -0.2) is 4.98 Å². The average molecular weight is 215 g/mol. The van der Waals surface area contributed by atoms with Crippen molar-refractivity contribution in [2.24, 2.45) is 5.73 Å². The summed E-state index contributed by atoms with van der Waals surface area (Å²) in [6.45, 7) is 0.499. The Balaban J connectivity index is 2.34. The summed E-state index contributed by atoms with van der Waals surface area (Å²) in [7, 11) is 1.59. The van der Waals surface area contributed by atoms with Crippen molar-refractivity contribution in [3.63, 3.8) is 0 Å². The summed E-state index contributed by atoms with van der Waals surface area (Å²) in [6, 6.07) is 9.44. The first-order valence-corrected chi connectivity index (χ1v) is 5.00. The van der Waals surface area contributed by atoms with Crippen molar-refractivity contribution in [3.8, 4) is 17.3 Å². The van der Waals surface area contributed by atoms with Crippen LogP contribution in [-0.4, -0.2) is 17.1 Å². The van der Waals surface area contributed by atoms with Gasteiger partial charge < -0.3 is 10.5 Å². The minimum absolute atomic E-state index is 0.499. The molecule has 4 heteroatoms. The number of methoxy groups -OCH3 is 1. The molecule has 4 nitrogen and oxygen atoms in total. The van der Waals surface area contributed by atoms with Gasteiger partial charge in [0, 0.05) is 18.8 Å². The van der Waals surface area contributed by atoms with Crippen LogP contribution in [-0.2, 0) is 6.54 Å². The van der Waals surface area contributed by atoms with Gasteiger partial charge in [0.15, 0.2) is 0 Å². The number of hydrogen-bond donors (Lipinski definition) is 1. The maximum Gasteiger partial charge on any atom is 0.213 e. The van der Waals surface area contributed by atoms with Crippen LogP contribution in [0.1, 0.15) is 5.56 Å². The molecule has 2 heterocycles. The van der Waals surface area contributed by atoms with Crippen LogP contribution in [0.4, 0.5) is 0 Å². The third-order valence-corrected chi connectivity index (χ3v) is 2.26. The molecule has 0 aromatic carbocycles. The molecule has 2 N–H and O–H groups in total. The Hall–Kier alpha value is -1.94. The van der Waals surface area contributed by atoms with Crippen LogP contribution >= 0.6 is 0 Å². The van der Waals surface area contributed by atoms with Crippen molar-refractivity contribution in [3.05, 3.63) is 42.1 Å². The highest BCUT2D eigenvalue weighted by molar-refractivity contribution is 5.54. The molecule has 0 aliphatic rings. The van der Waals surface area contributed by atoms with Crippen LogP contribution in [0.15, 0.2) is 36.5 Å². The highest BCUT2D eigenvalue weighted by Gasteiger charge is 2.02. The lowest BCUT2D eigenvalue weighted by Crippen LogP contribution is -1.97. The van der Waals surface area contributed by atoms with E-state index >= 15 is 0 Å². The lowest BCUT2D eigenvalue weighted by Gasteiger charge is -2.03. The Morgan fingerprint density at radius 1 is 1.19 bits per heavy atom. The van der Waals surface area contributed by atoms with Crippen LogP contribution in [0.25, 0.3) is 11.4 Å². The molecule has 0 bridgehead atoms. The number of ether oxygens (including phenoxy) is 1. The summed E-state index contributed by atoms with van der Waals surface area (Å²) in [4.78, 5) is 8.60. The Bertz CT molecular complexity index is 468. The molecule has 16 heavy (non-hydrogen) atoms. The first-order valence-electron chi connectivity index (χ1n) is 5.00. The molecule has 0 unspecified atom stereocenters. The van der Waals surface area contributed by atoms with Crippen molar-refractivity contribution in [2.45, 2.75) is 6.54 Å². The number of hydrogen-bond acceptors (Lipinski definition) is 4. The molecule has 0 atom stereocenters. The van der Waals surface area contributed by atoms with Gasteiger partial charge >= 0.3 is 0 Å². The van der Waals surface area contributed by atoms with Crippen LogP contribution in [0.5, 0.6) is 5.88 Å². The largest absolute Gasteiger partial charge is 0.481 e. The van der Waals surface area contributed by atoms with Gasteiger partial charge in [0.05, 0.1) is 18.5 Å². The molecule has 2 aromatic rings. The minimum Gasteiger partial charge on any atom is -0.481 e. The second-order valence-corrected chi connectivity index (χ2v) is 3.32. The van der Waals surface area contributed by atoms with Gasteiger partial charge in [0.2, 0.25) is 5.88 Å². The molecule has 0 saturated heterocycles. The highest BCUT2D eigenvalue weighted by atomic mass is 16.5. The fourth-order valence-electron chi connectivity index (χ4n) is 1.37. The highest BCUT2D eigenvalue weighted by Crippen LogP contribution is 2.17. The Morgan fingerprint density at radius 2 is 2.06 bits per heavy atom. The van der Waals surface area contributed by atoms with Crippen molar-refractivity contribution in [1.29, 1.82) is 0 Å². The molecule has 0 aliphatic heterocycles. The molecule has 2 aromatic heterocycles. The fraction of sp³-hybridized carbons (Fsp3) is 0.167. The molecule has 0 radical (unpaired) electrons. The number of nitrogens with zero attached hydrogens (tertiary/aromatic N) is 2. The van der Waals surface area contributed by atoms with Gasteiger partial charge in [-0.2, -0.15) is 0 Å². The van der Waals surface area contributed by atoms with Crippen LogP contribution in [0.3, 0.4) is 0 Å². The second kappa shape index (κ2) is 4.72. The summed E-state index contributed by atoms with van der Waals surface area (Å²) in [5.74, 6) is 0.585. The number of aromatic nitrogens is 2. The molecule has 82 valence electrons. The normalized spacial score (nSPS) is 10.1. The summed E-state index contributed by atoms with van der Waals surface area (Å²) < 4.78 is 5.06. The zero-order valence-electron chi connectivity index (χ0n) is 9.05. The second-order valence-electron chi connectivity index (χ2n) is 3.32. The van der Waals surface area contributed by atoms with E-state index in [4.69, 9.17) is 10.5 Å². The van der Waals surface area contributed by atoms with Crippen LogP contribution in [0, 0.1) is 0 Å². The maximum atomic E-state index is 5.51. The van der Waals surface area contributed by atoms with E-state index in [1.165, 1.54) is 0 Å². The SMILES string of the molecule is COc1cccc(-c2ccc(CN)cn2)n1. The van der Waals surface area contributed by atoms with E-state index in [1.807, 2.05) is 24.3 Å². The van der Waals surface area contributed by atoms with Crippen molar-refractivity contribution >= 4 is 0 Å². The van der Waals surface area contributed by atoms with Gasteiger partial charge in [0.1, 0.15) is 0 Å². The third-order valence-electron chi connectivity index (χ3n) is 2.26. The zero-order chi connectivity index (χ0) is 11.4. The quantitative estimate of drug-likeness (QED) is 0.845. The fourth-order valence-corrected chi connectivity index (χ4v) is 1.37. The lowest BCUT2D eigenvalue weighted by molar-refractivity contribution is 0.398. The van der Waals surface area contributed by atoms with Gasteiger partial charge in [-0.15, -0.1) is 0 Å². The lowest BCUT2D eigenvalue weighted by atomic mass is 10.2. The first kappa shape index (κ1) is 10.6. The number of nitrogens with two attached hydrogens (primary N) is 1. The predicted octanol–water partition coefficient (Wildman–Crippen LogP) is 1.61. The van der Waals surface area contributed by atoms with E-state index in [9.17, 15) is 0 Å². The summed E-state index contributed by atoms with van der Waals surface area (Å²) in [6.07, 6.45) is 1.76. The monoisotopic (exact) mass is 215 g/mol. The Kier molecular flexibility index (Phi) is 3.12. The molecular weight excluding hydrogens is 202 g/mol. The van der Waals surface area contributed by atoms with E-state index in [0.717, 1.165) is 17.0 Å². The van der Waals surface area contributed by atoms with Gasteiger partial charge in [-0.05, 0) is 17.7 Å². The number of pyridine rings is 2. The molecule has 0 fully saturated rings. The zero-order valence-corrected chi connectivity index (χ0v) is 9.05. The third kappa shape index (κ3) is 2.17. The molecule has 0 spiro atoms. The molecule has 0 amide bonds. The minimum atomic E-state index is 0.499. The van der Waals surface area contributed by atoms with E-state index < -0.39 is 0 Å². The van der Waals surface area contributed by atoms with E-state index in [-0.39, 0.29) is 0 Å². The van der Waals surface area contributed by atoms with Gasteiger partial charge in [-0.1, -0.05) is 12.1 Å². The standard InChI is InChI=1S/C12H13N3O/c1-16-12-4-2-3-11(15-12)10-6-5-9(7-13)8-14-10/h2-6,8H,7,13H2,1H3. The predicted molar refractivity (Wildman–Crippen MR) is 61.9 cm³/mol. The summed E-state index contributed by atoms with van der Waals surface area (Å²) in [5.41, 5.74) is 8.12. The van der Waals surface area contributed by atoms with E-state index in [0.29, 0.717) is 12.4 Å². The topological polar surface area (TPSA) is 61.0 Å². The molecule has 2 rings (SSSR count). The molecule has 0 aliphatic carbocycles. The average Bonchev–Trinajstić information content (AvgIpc) is 2.39. The van der Waals surface area contributed by atoms with E-state index in [2.05, 4.69) is 9.97 Å².